The number of carbonyl (C=O) groups excluding carboxylic acids is 1. The first kappa shape index (κ1) is 14.7. The molecule has 1 aromatic carbocycles. The molecule has 114 valence electrons. The van der Waals surface area contributed by atoms with E-state index in [-0.39, 0.29) is 18.1 Å². The molecule has 1 N–H and O–H groups in total. The number of fused-ring (bicyclic) bond motifs is 1. The molecule has 1 aliphatic carbocycles. The normalized spacial score (nSPS) is 23.4. The summed E-state index contributed by atoms with van der Waals surface area (Å²) in [6.07, 6.45) is 5.05. The van der Waals surface area contributed by atoms with Gasteiger partial charge in [-0.3, -0.25) is 4.79 Å². The average molecular weight is 354 g/mol. The summed E-state index contributed by atoms with van der Waals surface area (Å²) < 4.78 is 11.4. The summed E-state index contributed by atoms with van der Waals surface area (Å²) in [5.41, 5.74) is -0.129. The Bertz CT molecular complexity index is 514. The molecular formula is C16H20BrNO3. The number of para-hydroxylation sites is 2. The maximum Gasteiger partial charge on any atom is 0.265 e. The number of rotatable bonds is 3. The largest absolute Gasteiger partial charge is 0.485 e. The zero-order chi connectivity index (χ0) is 14.7. The predicted molar refractivity (Wildman–Crippen MR) is 84.1 cm³/mol. The number of hydrogen-bond donors (Lipinski definition) is 1. The lowest BCUT2D eigenvalue weighted by atomic mass is 9.83. The molecule has 0 spiro atoms. The molecule has 0 saturated heterocycles. The Labute approximate surface area is 133 Å². The van der Waals surface area contributed by atoms with Crippen molar-refractivity contribution in [2.24, 2.45) is 0 Å². The molecular weight excluding hydrogens is 334 g/mol. The van der Waals surface area contributed by atoms with Gasteiger partial charge < -0.3 is 14.8 Å². The summed E-state index contributed by atoms with van der Waals surface area (Å²) in [4.78, 5) is 12.5. The van der Waals surface area contributed by atoms with Gasteiger partial charge in [0.25, 0.3) is 5.91 Å². The van der Waals surface area contributed by atoms with Crippen LogP contribution in [0, 0.1) is 0 Å². The lowest BCUT2D eigenvalue weighted by Gasteiger charge is -2.38. The van der Waals surface area contributed by atoms with Crippen molar-refractivity contribution < 1.29 is 14.3 Å². The van der Waals surface area contributed by atoms with E-state index in [1.807, 2.05) is 24.3 Å². The van der Waals surface area contributed by atoms with Gasteiger partial charge in [0.2, 0.25) is 6.10 Å². The van der Waals surface area contributed by atoms with Gasteiger partial charge in [-0.2, -0.15) is 0 Å². The second kappa shape index (κ2) is 6.26. The first-order valence-electron chi connectivity index (χ1n) is 7.49. The Balaban J connectivity index is 1.66. The fourth-order valence-electron chi connectivity index (χ4n) is 3.01. The van der Waals surface area contributed by atoms with E-state index >= 15 is 0 Å². The third kappa shape index (κ3) is 3.18. The molecule has 1 atom stereocenters. The average Bonchev–Trinajstić information content (AvgIpc) is 2.55. The van der Waals surface area contributed by atoms with Gasteiger partial charge in [0.15, 0.2) is 11.5 Å². The van der Waals surface area contributed by atoms with Gasteiger partial charge in [-0.15, -0.1) is 0 Å². The predicted octanol–water partition coefficient (Wildman–Crippen LogP) is 3.04. The Morgan fingerprint density at radius 2 is 1.95 bits per heavy atom. The molecule has 21 heavy (non-hydrogen) atoms. The van der Waals surface area contributed by atoms with Gasteiger partial charge in [-0.25, -0.2) is 0 Å². The number of halogens is 1. The maximum absolute atomic E-state index is 12.5. The molecule has 1 amide bonds. The van der Waals surface area contributed by atoms with Crippen molar-refractivity contribution >= 4 is 21.8 Å². The van der Waals surface area contributed by atoms with Crippen LogP contribution in [0.2, 0.25) is 0 Å². The van der Waals surface area contributed by atoms with Gasteiger partial charge in [-0.1, -0.05) is 47.3 Å². The molecule has 2 aliphatic rings. The Morgan fingerprint density at radius 1 is 1.24 bits per heavy atom. The van der Waals surface area contributed by atoms with Crippen molar-refractivity contribution in [1.29, 1.82) is 0 Å². The SMILES string of the molecule is O=C(NC1(CBr)CCCCC1)C1COc2ccccc2O1. The molecule has 0 bridgehead atoms. The summed E-state index contributed by atoms with van der Waals surface area (Å²) >= 11 is 3.56. The lowest BCUT2D eigenvalue weighted by molar-refractivity contribution is -0.132. The molecule has 4 nitrogen and oxygen atoms in total. The van der Waals surface area contributed by atoms with Crippen LogP contribution in [0.25, 0.3) is 0 Å². The quantitative estimate of drug-likeness (QED) is 0.849. The van der Waals surface area contributed by atoms with Crippen molar-refractivity contribution in [3.63, 3.8) is 0 Å². The van der Waals surface area contributed by atoms with Gasteiger partial charge in [-0.05, 0) is 25.0 Å². The Hall–Kier alpha value is -1.23. The summed E-state index contributed by atoms with van der Waals surface area (Å²) in [5, 5.41) is 3.98. The van der Waals surface area contributed by atoms with Crippen LogP contribution in [0.15, 0.2) is 24.3 Å². The van der Waals surface area contributed by atoms with Crippen molar-refractivity contribution in [3.05, 3.63) is 24.3 Å². The van der Waals surface area contributed by atoms with Crippen LogP contribution < -0.4 is 14.8 Å². The number of benzene rings is 1. The van der Waals surface area contributed by atoms with Crippen LogP contribution in [0.5, 0.6) is 11.5 Å². The van der Waals surface area contributed by atoms with Crippen LogP contribution >= 0.6 is 15.9 Å². The summed E-state index contributed by atoms with van der Waals surface area (Å²) in [6.45, 7) is 0.265. The van der Waals surface area contributed by atoms with E-state index < -0.39 is 6.10 Å². The zero-order valence-corrected chi connectivity index (χ0v) is 13.5. The fourth-order valence-corrected chi connectivity index (χ4v) is 3.71. The van der Waals surface area contributed by atoms with E-state index in [1.54, 1.807) is 0 Å². The highest BCUT2D eigenvalue weighted by Crippen LogP contribution is 2.32. The topological polar surface area (TPSA) is 47.6 Å². The lowest BCUT2D eigenvalue weighted by Crippen LogP contribution is -2.56. The summed E-state index contributed by atoms with van der Waals surface area (Å²) in [5.74, 6) is 1.26. The number of carbonyl (C=O) groups is 1. The molecule has 0 aromatic heterocycles. The van der Waals surface area contributed by atoms with Crippen molar-refractivity contribution in [2.45, 2.75) is 43.7 Å². The van der Waals surface area contributed by atoms with Gasteiger partial charge in [0, 0.05) is 10.9 Å². The smallest absolute Gasteiger partial charge is 0.265 e. The monoisotopic (exact) mass is 353 g/mol. The number of hydrogen-bond acceptors (Lipinski definition) is 3. The van der Waals surface area contributed by atoms with E-state index in [9.17, 15) is 4.79 Å². The van der Waals surface area contributed by atoms with E-state index in [0.29, 0.717) is 11.5 Å². The third-order valence-electron chi connectivity index (χ3n) is 4.26. The van der Waals surface area contributed by atoms with Crippen molar-refractivity contribution in [1.82, 2.24) is 5.32 Å². The minimum absolute atomic E-state index is 0.0779. The van der Waals surface area contributed by atoms with E-state index in [4.69, 9.17) is 9.47 Å². The molecule has 3 rings (SSSR count). The van der Waals surface area contributed by atoms with Crippen LogP contribution in [0.4, 0.5) is 0 Å². The van der Waals surface area contributed by atoms with Crippen LogP contribution in [0.1, 0.15) is 32.1 Å². The van der Waals surface area contributed by atoms with Gasteiger partial charge in [0.1, 0.15) is 6.61 Å². The zero-order valence-electron chi connectivity index (χ0n) is 11.9. The second-order valence-electron chi connectivity index (χ2n) is 5.83. The first-order chi connectivity index (χ1) is 10.2. The minimum Gasteiger partial charge on any atom is -0.485 e. The molecule has 5 heteroatoms. The molecule has 1 aliphatic heterocycles. The fraction of sp³-hybridized carbons (Fsp3) is 0.562. The Morgan fingerprint density at radius 3 is 2.67 bits per heavy atom. The standard InChI is InChI=1S/C16H20BrNO3/c17-11-16(8-4-1-5-9-16)18-15(19)14-10-20-12-6-2-3-7-13(12)21-14/h2-3,6-7,14H,1,4-5,8-11H2,(H,18,19). The molecule has 1 fully saturated rings. The van der Waals surface area contributed by atoms with Crippen molar-refractivity contribution in [3.8, 4) is 11.5 Å². The van der Waals surface area contributed by atoms with E-state index in [1.165, 1.54) is 6.42 Å². The summed E-state index contributed by atoms with van der Waals surface area (Å²) in [6, 6.07) is 7.45. The number of alkyl halides is 1. The molecule has 0 radical (unpaired) electrons. The highest BCUT2D eigenvalue weighted by Gasteiger charge is 2.36. The summed E-state index contributed by atoms with van der Waals surface area (Å²) in [7, 11) is 0. The van der Waals surface area contributed by atoms with Crippen LogP contribution in [-0.4, -0.2) is 29.5 Å². The molecule has 1 saturated carbocycles. The van der Waals surface area contributed by atoms with E-state index in [0.717, 1.165) is 31.0 Å². The van der Waals surface area contributed by atoms with Gasteiger partial charge in [0.05, 0.1) is 0 Å². The number of ether oxygens (including phenoxy) is 2. The molecule has 1 aromatic rings. The van der Waals surface area contributed by atoms with Gasteiger partial charge >= 0.3 is 0 Å². The first-order valence-corrected chi connectivity index (χ1v) is 8.61. The molecule has 1 unspecified atom stereocenters. The number of amides is 1. The van der Waals surface area contributed by atoms with E-state index in [2.05, 4.69) is 21.2 Å². The number of nitrogens with one attached hydrogen (secondary N) is 1. The highest BCUT2D eigenvalue weighted by molar-refractivity contribution is 9.09. The Kier molecular flexibility index (Phi) is 4.38. The maximum atomic E-state index is 12.5. The van der Waals surface area contributed by atoms with Crippen LogP contribution in [-0.2, 0) is 4.79 Å². The third-order valence-corrected chi connectivity index (χ3v) is 5.33. The minimum atomic E-state index is -0.572. The second-order valence-corrected chi connectivity index (χ2v) is 6.39. The van der Waals surface area contributed by atoms with Crippen molar-refractivity contribution in [2.75, 3.05) is 11.9 Å². The molecule has 1 heterocycles. The highest BCUT2D eigenvalue weighted by atomic mass is 79.9. The van der Waals surface area contributed by atoms with Crippen LogP contribution in [0.3, 0.4) is 0 Å².